The van der Waals surface area contributed by atoms with E-state index in [1.165, 1.54) is 23.5 Å². The lowest BCUT2D eigenvalue weighted by Crippen LogP contribution is -2.60. The zero-order chi connectivity index (χ0) is 93.5. The second-order valence-corrected chi connectivity index (χ2v) is 35.5. The van der Waals surface area contributed by atoms with Gasteiger partial charge in [0.15, 0.2) is 11.9 Å². The van der Waals surface area contributed by atoms with Crippen molar-refractivity contribution in [3.05, 3.63) is 72.1 Å². The number of carbonyl (C=O) groups is 14. The first-order valence-electron chi connectivity index (χ1n) is 41.7. The molecule has 702 valence electrons. The Morgan fingerprint density at radius 3 is 0.960 bits per heavy atom. The maximum absolute atomic E-state index is 14.8. The van der Waals surface area contributed by atoms with Crippen LogP contribution in [-0.2, 0) is 80.0 Å². The highest BCUT2D eigenvalue weighted by Crippen LogP contribution is 2.25. The molecule has 12 amide bonds. The molecule has 0 aliphatic rings. The highest BCUT2D eigenvalue weighted by atomic mass is 33.1. The number of aliphatic carboxylic acids is 2. The number of aliphatic hydroxyl groups is 2. The van der Waals surface area contributed by atoms with Gasteiger partial charge in [0.1, 0.15) is 72.5 Å². The number of fused-ring (bicyclic) bond motifs is 2. The first kappa shape index (κ1) is 108. The molecular weight excluding hydrogens is 1710 g/mol. The van der Waals surface area contributed by atoms with Crippen molar-refractivity contribution in [2.45, 2.75) is 215 Å². The van der Waals surface area contributed by atoms with Crippen molar-refractivity contribution in [1.29, 1.82) is 0 Å². The molecule has 2 aromatic carbocycles. The van der Waals surface area contributed by atoms with Crippen LogP contribution in [0.2, 0.25) is 0 Å². The van der Waals surface area contributed by atoms with Gasteiger partial charge in [-0.05, 0) is 162 Å². The molecule has 42 nitrogen and oxygen atoms in total. The number of rotatable bonds is 63. The van der Waals surface area contributed by atoms with Crippen LogP contribution in [0.25, 0.3) is 21.8 Å². The number of para-hydroxylation sites is 2. The van der Waals surface area contributed by atoms with E-state index in [0.717, 1.165) is 21.6 Å². The molecule has 0 aliphatic carbocycles. The van der Waals surface area contributed by atoms with Crippen molar-refractivity contribution in [1.82, 2.24) is 73.8 Å². The summed E-state index contributed by atoms with van der Waals surface area (Å²) >= 11 is 2.66. The van der Waals surface area contributed by atoms with E-state index < -0.39 is 181 Å². The molecule has 2 heterocycles. The normalized spacial score (nSPS) is 14.7. The number of H-pyrrole nitrogens is 2. The maximum Gasteiger partial charge on any atom is 0.326 e. The molecule has 126 heavy (non-hydrogen) atoms. The predicted molar refractivity (Wildman–Crippen MR) is 488 cm³/mol. The van der Waals surface area contributed by atoms with E-state index >= 15 is 0 Å². The fraction of sp³-hybridized carbons (Fsp3) is 0.600. The van der Waals surface area contributed by atoms with Crippen molar-refractivity contribution in [3.8, 4) is 0 Å². The van der Waals surface area contributed by atoms with Crippen molar-refractivity contribution < 1.29 is 87.5 Å². The Hall–Kier alpha value is -10.2. The molecule has 0 bridgehead atoms. The molecule has 0 radical (unpaired) electrons. The summed E-state index contributed by atoms with van der Waals surface area (Å²) < 4.78 is 0. The molecule has 34 N–H and O–H groups in total. The minimum Gasteiger partial charge on any atom is -0.480 e. The number of carboxylic acid groups (broad SMARTS) is 2. The number of hydrogen-bond acceptors (Lipinski definition) is 26. The number of aromatic amines is 2. The Labute approximate surface area is 748 Å². The third kappa shape index (κ3) is 39.0. The van der Waals surface area contributed by atoms with Gasteiger partial charge >= 0.3 is 11.9 Å². The summed E-state index contributed by atoms with van der Waals surface area (Å²) in [7, 11) is 1.96. The fourth-order valence-corrected chi connectivity index (χ4v) is 16.2. The molecule has 0 saturated heterocycles. The molecule has 0 aliphatic heterocycles. The Morgan fingerprint density at radius 1 is 0.373 bits per heavy atom. The van der Waals surface area contributed by atoms with Crippen LogP contribution in [0.5, 0.6) is 0 Å². The van der Waals surface area contributed by atoms with Crippen LogP contribution >= 0.6 is 45.1 Å². The van der Waals surface area contributed by atoms with Crippen molar-refractivity contribution in [2.75, 3.05) is 74.9 Å². The minimum atomic E-state index is -1.72. The average Bonchev–Trinajstić information content (AvgIpc) is 1.67. The zero-order valence-electron chi connectivity index (χ0n) is 72.0. The molecular formula is C80H130N24O18S4. The SMILES string of the molecule is CSCC[C@H](NC(=O)[C@H](Cc1c[nH]c2ccccc12)NC(=O)[C@H](CO)NC(=O)[C@@H](N)CSSC[C@H](N)C(=O)N[C@@H](CO)C(=O)N[C@@H](Cc1c[nH]c2ccccc12)C(=O)N[C@@H](CCSC)C(=O)N[C@@H](CCCN=C(N)N)C(=O)N[C@@H](CC(C)C)C(=O)N[C@@H](CCCCN)C(=O)O)C(=O)N[C@@H](CCCN=C(N)N)C(=O)N[C@@H](CC(C)C)C(=O)N[C@@H](CCCCN)C(=O)O. The number of unbranched alkanes of at least 4 members (excludes halogenated alkanes) is 2. The maximum atomic E-state index is 14.8. The molecule has 4 aromatic rings. The van der Waals surface area contributed by atoms with Gasteiger partial charge in [0.2, 0.25) is 70.9 Å². The number of benzene rings is 2. The van der Waals surface area contributed by atoms with Gasteiger partial charge < -0.3 is 140 Å². The molecule has 2 aromatic heterocycles. The Kier molecular flexibility index (Phi) is 50.0. The number of guanidine groups is 2. The minimum absolute atomic E-state index is 0.0150. The predicted octanol–water partition coefficient (Wildman–Crippen LogP) is -3.59. The first-order valence-corrected chi connectivity index (χ1v) is 46.9. The number of hydrogen-bond donors (Lipinski definition) is 26. The van der Waals surface area contributed by atoms with E-state index in [1.807, 2.05) is 0 Å². The number of amides is 12. The van der Waals surface area contributed by atoms with E-state index in [4.69, 9.17) is 45.9 Å². The van der Waals surface area contributed by atoms with Crippen LogP contribution in [0, 0.1) is 11.8 Å². The zero-order valence-corrected chi connectivity index (χ0v) is 75.3. The topological polar surface area (TPSA) is 729 Å². The van der Waals surface area contributed by atoms with E-state index in [-0.39, 0.29) is 137 Å². The fourth-order valence-electron chi connectivity index (χ4n) is 13.0. The number of nitrogens with zero attached hydrogens (tertiary/aromatic N) is 2. The third-order valence-corrected chi connectivity index (χ3v) is 23.6. The number of aromatic nitrogens is 2. The van der Waals surface area contributed by atoms with Crippen LogP contribution in [0.3, 0.4) is 0 Å². The Balaban J connectivity index is 1.50. The highest BCUT2D eigenvalue weighted by Gasteiger charge is 2.38. The summed E-state index contributed by atoms with van der Waals surface area (Å²) in [5.41, 5.74) is 48.6. The van der Waals surface area contributed by atoms with Gasteiger partial charge in [-0.2, -0.15) is 23.5 Å². The van der Waals surface area contributed by atoms with Gasteiger partial charge in [0.05, 0.1) is 25.3 Å². The molecule has 0 spiro atoms. The Bertz CT molecular complexity index is 3990. The number of nitrogens with one attached hydrogen (secondary N) is 14. The van der Waals surface area contributed by atoms with Crippen LogP contribution in [0.15, 0.2) is 70.9 Å². The van der Waals surface area contributed by atoms with Crippen molar-refractivity contribution in [2.24, 2.45) is 67.7 Å². The van der Waals surface area contributed by atoms with E-state index in [0.29, 0.717) is 71.7 Å². The summed E-state index contributed by atoms with van der Waals surface area (Å²) in [4.78, 5) is 210. The monoisotopic (exact) mass is 1840 g/mol. The van der Waals surface area contributed by atoms with Gasteiger partial charge in [-0.15, -0.1) is 0 Å². The van der Waals surface area contributed by atoms with E-state index in [9.17, 15) is 87.5 Å². The van der Waals surface area contributed by atoms with Gasteiger partial charge in [-0.1, -0.05) is 85.7 Å². The Morgan fingerprint density at radius 2 is 0.651 bits per heavy atom. The second-order valence-electron chi connectivity index (χ2n) is 31.0. The summed E-state index contributed by atoms with van der Waals surface area (Å²) in [5.74, 6) is -13.8. The molecule has 4 rings (SSSR count). The standard InChI is InChI=1S/C80H130N24O18S4/c1-43(2)33-59(71(113)97-57(77(119)120)21-11-13-27-81)99-67(109)53(23-15-29-89-79(85)86)93-69(111)55(25-31-123-5)95-73(115)61(35-45-37-91-51-19-9-7-17-47(45)51)101-75(117)63(39-105)103-65(107)49(83)41-125-126-42-50(84)66(108)104-64(40-106)76(118)102-62(36-46-38-92-52-20-10-8-18-48(46)52)74(116)96-56(26-32-124-6)70(112)94-54(24-16-30-90-80(87)88)68(110)100-60(34-44(3)4)72(114)98-58(78(121)122)22-12-14-28-82/h7-10,17-20,37-38,43-44,49-50,53-64,91-92,105-106H,11-16,21-36,39-42,81-84H2,1-6H3,(H,93,111)(H,94,112)(H,95,115)(H,96,116)(H,97,113)(H,98,114)(H,99,109)(H,100,110)(H,101,117)(H,102,118)(H,103,107)(H,104,108)(H,119,120)(H,121,122)(H4,85,86,89)(H4,87,88,90)/t49-,50-,53-,54-,55-,56-,57-,58-,59-,60-,61-,62-,63-,64-/m0/s1. The molecule has 0 saturated carbocycles. The largest absolute Gasteiger partial charge is 0.480 e. The summed E-state index contributed by atoms with van der Waals surface area (Å²) in [5, 5.41) is 73.8. The molecule has 14 atom stereocenters. The molecule has 46 heteroatoms. The first-order chi connectivity index (χ1) is 60.0. The van der Waals surface area contributed by atoms with Crippen LogP contribution < -0.4 is 110 Å². The van der Waals surface area contributed by atoms with Gasteiger partial charge in [-0.3, -0.25) is 67.5 Å². The number of nitrogens with two attached hydrogens (primary N) is 8. The third-order valence-electron chi connectivity index (χ3n) is 19.8. The highest BCUT2D eigenvalue weighted by molar-refractivity contribution is 8.76. The number of carboxylic acids is 2. The number of thioether (sulfide) groups is 2. The lowest BCUT2D eigenvalue weighted by atomic mass is 10.0. The number of aliphatic hydroxyl groups excluding tert-OH is 2. The molecule has 0 fully saturated rings. The van der Waals surface area contributed by atoms with Gasteiger partial charge in [-0.25, -0.2) is 9.59 Å². The summed E-state index contributed by atoms with van der Waals surface area (Å²) in [6.07, 6.45) is 8.50. The van der Waals surface area contributed by atoms with Crippen LogP contribution in [0.4, 0.5) is 0 Å². The summed E-state index contributed by atoms with van der Waals surface area (Å²) in [6.45, 7) is 5.82. The van der Waals surface area contributed by atoms with Crippen molar-refractivity contribution in [3.63, 3.8) is 0 Å². The number of aliphatic imine (C=N–C) groups is 2. The smallest absolute Gasteiger partial charge is 0.326 e. The quantitative estimate of drug-likeness (QED) is 0.00879. The van der Waals surface area contributed by atoms with E-state index in [1.54, 1.807) is 101 Å². The van der Waals surface area contributed by atoms with Crippen LogP contribution in [0.1, 0.15) is 129 Å². The molecule has 0 unspecified atom stereocenters. The van der Waals surface area contributed by atoms with Gasteiger partial charge in [0, 0.05) is 71.6 Å². The average molecular weight is 1840 g/mol. The lowest BCUT2D eigenvalue weighted by molar-refractivity contribution is -0.143. The van der Waals surface area contributed by atoms with Crippen molar-refractivity contribution >= 4 is 162 Å². The van der Waals surface area contributed by atoms with Crippen LogP contribution in [-0.4, -0.2) is 285 Å². The number of carbonyl (C=O) groups excluding carboxylic acids is 12. The second kappa shape index (κ2) is 58.2. The van der Waals surface area contributed by atoms with Gasteiger partial charge in [0.25, 0.3) is 0 Å². The lowest BCUT2D eigenvalue weighted by Gasteiger charge is -2.28. The summed E-state index contributed by atoms with van der Waals surface area (Å²) in [6, 6.07) is -5.69. The van der Waals surface area contributed by atoms with E-state index in [2.05, 4.69) is 83.8 Å².